The molecule has 2 heteroatoms. The van der Waals surface area contributed by atoms with Crippen LogP contribution in [0.4, 0.5) is 0 Å². The second kappa shape index (κ2) is 29.3. The molecule has 1 aromatic heterocycles. The summed E-state index contributed by atoms with van der Waals surface area (Å²) in [6.45, 7) is 9.39. The van der Waals surface area contributed by atoms with Crippen LogP contribution in [0.1, 0.15) is 238 Å². The Labute approximate surface area is 259 Å². The maximum Gasteiger partial charge on any atom is 0.257 e. The van der Waals surface area contributed by atoms with E-state index in [9.17, 15) is 0 Å². The van der Waals surface area contributed by atoms with Crippen molar-refractivity contribution in [2.75, 3.05) is 0 Å². The predicted molar refractivity (Wildman–Crippen MR) is 184 cm³/mol. The van der Waals surface area contributed by atoms with Crippen molar-refractivity contribution in [2.45, 2.75) is 232 Å². The van der Waals surface area contributed by atoms with Gasteiger partial charge in [0.1, 0.15) is 12.4 Å². The molecular weight excluding hydrogens is 496 g/mol. The summed E-state index contributed by atoms with van der Waals surface area (Å²) in [5, 5.41) is 0. The minimum absolute atomic E-state index is 0.620. The molecule has 0 saturated heterocycles. The van der Waals surface area contributed by atoms with E-state index in [-0.39, 0.29) is 0 Å². The molecule has 0 saturated carbocycles. The van der Waals surface area contributed by atoms with Gasteiger partial charge >= 0.3 is 0 Å². The number of aromatic nitrogens is 2. The Kier molecular flexibility index (Phi) is 27.3. The van der Waals surface area contributed by atoms with Gasteiger partial charge in [0.2, 0.25) is 0 Å². The van der Waals surface area contributed by atoms with Crippen molar-refractivity contribution >= 4 is 0 Å². The van der Waals surface area contributed by atoms with E-state index >= 15 is 0 Å². The lowest BCUT2D eigenvalue weighted by Gasteiger charge is -2.17. The van der Waals surface area contributed by atoms with Gasteiger partial charge in [-0.3, -0.25) is 0 Å². The van der Waals surface area contributed by atoms with Crippen molar-refractivity contribution in [1.29, 1.82) is 0 Å². The quantitative estimate of drug-likeness (QED) is 0.0653. The van der Waals surface area contributed by atoms with Crippen molar-refractivity contribution in [2.24, 2.45) is 0 Å². The lowest BCUT2D eigenvalue weighted by atomic mass is 9.92. The normalized spacial score (nSPS) is 13.2. The summed E-state index contributed by atoms with van der Waals surface area (Å²) >= 11 is 0. The maximum absolute atomic E-state index is 3.73. The number of aromatic amines is 1. The van der Waals surface area contributed by atoms with E-state index in [1.807, 2.05) is 0 Å². The second-order valence-corrected chi connectivity index (χ2v) is 13.6. The third-order valence-electron chi connectivity index (χ3n) is 9.64. The highest BCUT2D eigenvalue weighted by molar-refractivity contribution is 4.90. The third-order valence-corrected chi connectivity index (χ3v) is 9.64. The topological polar surface area (TPSA) is 19.7 Å². The van der Waals surface area contributed by atoms with Crippen molar-refractivity contribution in [1.82, 2.24) is 4.98 Å². The molecule has 0 fully saturated rings. The molecule has 0 aliphatic carbocycles. The average Bonchev–Trinajstić information content (AvgIpc) is 3.47. The number of nitrogens with zero attached hydrogens (tertiary/aromatic N) is 1. The number of H-pyrrole nitrogens is 1. The highest BCUT2D eigenvalue weighted by Gasteiger charge is 2.25. The van der Waals surface area contributed by atoms with Crippen LogP contribution in [0.2, 0.25) is 0 Å². The molecule has 41 heavy (non-hydrogen) atoms. The van der Waals surface area contributed by atoms with Crippen molar-refractivity contribution in [3.63, 3.8) is 0 Å². The minimum atomic E-state index is 0.620. The lowest BCUT2D eigenvalue weighted by molar-refractivity contribution is -0.727. The smallest absolute Gasteiger partial charge is 0.247 e. The summed E-state index contributed by atoms with van der Waals surface area (Å²) < 4.78 is 2.62. The molecule has 0 radical (unpaired) electrons. The molecule has 2 nitrogen and oxygen atoms in total. The molecule has 242 valence electrons. The average molecular weight is 574 g/mol. The molecule has 0 aliphatic rings. The van der Waals surface area contributed by atoms with Crippen LogP contribution >= 0.6 is 0 Å². The van der Waals surface area contributed by atoms with E-state index in [1.165, 1.54) is 198 Å². The van der Waals surface area contributed by atoms with E-state index in [4.69, 9.17) is 0 Å². The van der Waals surface area contributed by atoms with Gasteiger partial charge in [0.15, 0.2) is 0 Å². The summed E-state index contributed by atoms with van der Waals surface area (Å²) in [7, 11) is 0. The maximum atomic E-state index is 3.73. The van der Waals surface area contributed by atoms with Gasteiger partial charge in [-0.1, -0.05) is 188 Å². The third kappa shape index (κ3) is 21.5. The zero-order valence-electron chi connectivity index (χ0n) is 29.0. The highest BCUT2D eigenvalue weighted by Crippen LogP contribution is 2.27. The van der Waals surface area contributed by atoms with Crippen molar-refractivity contribution in [3.05, 3.63) is 18.2 Å². The zero-order chi connectivity index (χ0) is 29.6. The Morgan fingerprint density at radius 3 is 1.17 bits per heavy atom. The van der Waals surface area contributed by atoms with Crippen LogP contribution in [0.5, 0.6) is 0 Å². The predicted octanol–water partition coefficient (Wildman–Crippen LogP) is 13.7. The number of unbranched alkanes of at least 4 members (excludes halogenated alkanes) is 24. The fourth-order valence-corrected chi connectivity index (χ4v) is 6.78. The van der Waals surface area contributed by atoms with Crippen LogP contribution in [0.3, 0.4) is 0 Å². The van der Waals surface area contributed by atoms with Crippen LogP contribution in [0.25, 0.3) is 0 Å². The molecule has 2 unspecified atom stereocenters. The second-order valence-electron chi connectivity index (χ2n) is 13.6. The van der Waals surface area contributed by atoms with Gasteiger partial charge in [-0.25, -0.2) is 9.55 Å². The molecule has 0 amide bonds. The molecule has 0 bridgehead atoms. The molecule has 1 aromatic rings. The first kappa shape index (κ1) is 38.2. The van der Waals surface area contributed by atoms with Crippen LogP contribution in [0, 0.1) is 0 Å². The highest BCUT2D eigenvalue weighted by atomic mass is 15.1. The Balaban J connectivity index is 2.35. The molecular formula is C39H77N2+. The van der Waals surface area contributed by atoms with Gasteiger partial charge in [0.05, 0.1) is 12.0 Å². The summed E-state index contributed by atoms with van der Waals surface area (Å²) in [5.74, 6) is 2.24. The van der Waals surface area contributed by atoms with Crippen LogP contribution < -0.4 is 4.57 Å². The summed E-state index contributed by atoms with van der Waals surface area (Å²) in [5.41, 5.74) is 0. The SMILES string of the molecule is CCCCCCCCCCCCCCCCC(CCCCCCCCCCC)c1[nH]cc[n+]1C(C)CCCCCC. The monoisotopic (exact) mass is 574 g/mol. The molecule has 0 aromatic carbocycles. The van der Waals surface area contributed by atoms with E-state index in [0.717, 1.165) is 0 Å². The van der Waals surface area contributed by atoms with Gasteiger partial charge in [-0.05, 0) is 32.6 Å². The van der Waals surface area contributed by atoms with Crippen LogP contribution in [0.15, 0.2) is 12.4 Å². The number of hydrogen-bond donors (Lipinski definition) is 1. The Morgan fingerprint density at radius 1 is 0.463 bits per heavy atom. The van der Waals surface area contributed by atoms with Gasteiger partial charge in [0.25, 0.3) is 5.82 Å². The standard InChI is InChI=1S/C39H76N2/c1-5-8-11-14-16-18-19-20-21-22-24-26-28-31-34-38(33-30-27-25-23-17-15-12-9-6-2)39-40-35-36-41(39)37(4)32-29-13-10-7-3/h35-38H,5-34H2,1-4H3/p+1. The van der Waals surface area contributed by atoms with Gasteiger partial charge in [-0.2, -0.15) is 0 Å². The first-order valence-electron chi connectivity index (χ1n) is 19.3. The number of nitrogens with one attached hydrogen (secondary N) is 1. The van der Waals surface area contributed by atoms with Gasteiger partial charge in [0, 0.05) is 0 Å². The molecule has 2 atom stereocenters. The first-order chi connectivity index (χ1) is 20.2. The molecule has 0 aliphatic heterocycles. The van der Waals surface area contributed by atoms with Crippen molar-refractivity contribution < 1.29 is 4.57 Å². The number of hydrogen-bond acceptors (Lipinski definition) is 0. The van der Waals surface area contributed by atoms with Gasteiger partial charge < -0.3 is 0 Å². The molecule has 1 heterocycles. The minimum Gasteiger partial charge on any atom is -0.247 e. The van der Waals surface area contributed by atoms with E-state index in [1.54, 1.807) is 0 Å². The van der Waals surface area contributed by atoms with Crippen LogP contribution in [-0.4, -0.2) is 4.98 Å². The summed E-state index contributed by atoms with van der Waals surface area (Å²) in [6, 6.07) is 0.620. The summed E-state index contributed by atoms with van der Waals surface area (Å²) in [6.07, 6.45) is 47.2. The number of rotatable bonds is 32. The first-order valence-corrected chi connectivity index (χ1v) is 19.3. The van der Waals surface area contributed by atoms with E-state index < -0.39 is 0 Å². The van der Waals surface area contributed by atoms with Gasteiger partial charge in [-0.15, -0.1) is 0 Å². The Hall–Kier alpha value is -0.790. The lowest BCUT2D eigenvalue weighted by Crippen LogP contribution is -2.41. The molecule has 1 N–H and O–H groups in total. The zero-order valence-corrected chi connectivity index (χ0v) is 29.0. The van der Waals surface area contributed by atoms with Crippen LogP contribution in [-0.2, 0) is 0 Å². The van der Waals surface area contributed by atoms with E-state index in [2.05, 4.69) is 49.6 Å². The largest absolute Gasteiger partial charge is 0.257 e. The Bertz CT molecular complexity index is 635. The fourth-order valence-electron chi connectivity index (χ4n) is 6.78. The van der Waals surface area contributed by atoms with Crippen molar-refractivity contribution in [3.8, 4) is 0 Å². The fraction of sp³-hybridized carbons (Fsp3) is 0.923. The molecule has 1 rings (SSSR count). The molecule has 0 spiro atoms. The summed E-state index contributed by atoms with van der Waals surface area (Å²) in [4.78, 5) is 3.73. The Morgan fingerprint density at radius 2 is 0.780 bits per heavy atom. The number of imidazole rings is 1. The van der Waals surface area contributed by atoms with E-state index in [0.29, 0.717) is 12.0 Å².